The van der Waals surface area contributed by atoms with Crippen LogP contribution in [0.5, 0.6) is 0 Å². The number of amides is 1. The van der Waals surface area contributed by atoms with Crippen LogP contribution in [0.1, 0.15) is 30.5 Å². The first-order valence-electron chi connectivity index (χ1n) is 10.1. The molecule has 1 saturated heterocycles. The molecule has 150 valence electrons. The van der Waals surface area contributed by atoms with Gasteiger partial charge in [0.25, 0.3) is 0 Å². The van der Waals surface area contributed by atoms with Gasteiger partial charge in [-0.3, -0.25) is 24.3 Å². The summed E-state index contributed by atoms with van der Waals surface area (Å²) in [6.45, 7) is 3.28. The standard InChI is InChI=1S/C21H25N7O/c1-25-11-5-18(24-25)16-26-12-6-21(7-13-26)14-20(29)27(19-4-10-23-28(19)21)15-17-2-8-22-9-3-17/h2-5,8-11H,6-7,12-16H2,1H3. The topological polar surface area (TPSA) is 72.1 Å². The largest absolute Gasteiger partial charge is 0.297 e. The maximum atomic E-state index is 13.2. The van der Waals surface area contributed by atoms with E-state index in [9.17, 15) is 4.79 Å². The van der Waals surface area contributed by atoms with Crippen LogP contribution in [0.15, 0.2) is 49.1 Å². The summed E-state index contributed by atoms with van der Waals surface area (Å²) >= 11 is 0. The van der Waals surface area contributed by atoms with E-state index >= 15 is 0 Å². The van der Waals surface area contributed by atoms with E-state index < -0.39 is 0 Å². The molecule has 3 aromatic heterocycles. The molecule has 0 unspecified atom stereocenters. The van der Waals surface area contributed by atoms with Crippen LogP contribution in [0.25, 0.3) is 0 Å². The summed E-state index contributed by atoms with van der Waals surface area (Å²) in [4.78, 5) is 21.5. The van der Waals surface area contributed by atoms with Crippen molar-refractivity contribution in [1.82, 2.24) is 29.4 Å². The molecule has 8 nitrogen and oxygen atoms in total. The Labute approximate surface area is 169 Å². The highest BCUT2D eigenvalue weighted by Crippen LogP contribution is 2.41. The molecule has 3 aromatic rings. The summed E-state index contributed by atoms with van der Waals surface area (Å²) in [6, 6.07) is 7.93. The third-order valence-electron chi connectivity index (χ3n) is 6.16. The Morgan fingerprint density at radius 2 is 1.83 bits per heavy atom. The molecular formula is C21H25N7O. The van der Waals surface area contributed by atoms with Crippen molar-refractivity contribution in [3.8, 4) is 0 Å². The minimum atomic E-state index is -0.217. The number of aryl methyl sites for hydroxylation is 1. The first-order chi connectivity index (χ1) is 14.1. The van der Waals surface area contributed by atoms with Gasteiger partial charge in [0.05, 0.1) is 30.4 Å². The molecule has 2 aliphatic rings. The average Bonchev–Trinajstić information content (AvgIpc) is 3.38. The molecule has 0 saturated carbocycles. The van der Waals surface area contributed by atoms with Crippen LogP contribution in [0.2, 0.25) is 0 Å². The molecule has 0 bridgehead atoms. The number of fused-ring (bicyclic) bond motifs is 2. The number of aromatic nitrogens is 5. The first kappa shape index (κ1) is 18.1. The normalized spacial score (nSPS) is 18.9. The summed E-state index contributed by atoms with van der Waals surface area (Å²) in [5, 5.41) is 9.14. The van der Waals surface area contributed by atoms with Gasteiger partial charge in [-0.2, -0.15) is 10.2 Å². The molecule has 5 heterocycles. The average molecular weight is 391 g/mol. The monoisotopic (exact) mass is 391 g/mol. The number of pyridine rings is 1. The van der Waals surface area contributed by atoms with Gasteiger partial charge >= 0.3 is 0 Å². The Hall–Kier alpha value is -3.00. The Bertz CT molecular complexity index is 1000. The summed E-state index contributed by atoms with van der Waals surface area (Å²) in [5.74, 6) is 1.07. The van der Waals surface area contributed by atoms with Gasteiger partial charge in [-0.1, -0.05) is 0 Å². The highest BCUT2D eigenvalue weighted by atomic mass is 16.2. The lowest BCUT2D eigenvalue weighted by Gasteiger charge is -2.46. The van der Waals surface area contributed by atoms with Crippen LogP contribution >= 0.6 is 0 Å². The van der Waals surface area contributed by atoms with E-state index in [1.165, 1.54) is 0 Å². The highest BCUT2D eigenvalue weighted by Gasteiger charge is 2.45. The van der Waals surface area contributed by atoms with Gasteiger partial charge in [-0.05, 0) is 36.6 Å². The second kappa shape index (κ2) is 7.11. The van der Waals surface area contributed by atoms with E-state index in [2.05, 4.69) is 30.8 Å². The van der Waals surface area contributed by atoms with Crippen LogP contribution in [0, 0.1) is 0 Å². The minimum absolute atomic E-state index is 0.174. The molecule has 2 aliphatic heterocycles. The molecule has 1 spiro atoms. The summed E-state index contributed by atoms with van der Waals surface area (Å²) in [7, 11) is 1.94. The number of piperidine rings is 1. The lowest BCUT2D eigenvalue weighted by molar-refractivity contribution is -0.123. The zero-order valence-electron chi connectivity index (χ0n) is 16.6. The number of hydrogen-bond donors (Lipinski definition) is 0. The molecule has 0 atom stereocenters. The quantitative estimate of drug-likeness (QED) is 0.680. The molecule has 5 rings (SSSR count). The lowest BCUT2D eigenvalue weighted by Crippen LogP contribution is -2.53. The van der Waals surface area contributed by atoms with Gasteiger partial charge < -0.3 is 0 Å². The van der Waals surface area contributed by atoms with Crippen molar-refractivity contribution < 1.29 is 4.79 Å². The zero-order valence-corrected chi connectivity index (χ0v) is 16.6. The molecule has 0 aromatic carbocycles. The predicted molar refractivity (Wildman–Crippen MR) is 108 cm³/mol. The van der Waals surface area contributed by atoms with Gasteiger partial charge in [0.15, 0.2) is 0 Å². The molecule has 1 amide bonds. The van der Waals surface area contributed by atoms with Crippen molar-refractivity contribution in [2.45, 2.75) is 37.9 Å². The molecule has 0 aliphatic carbocycles. The van der Waals surface area contributed by atoms with Crippen LogP contribution in [0.4, 0.5) is 5.82 Å². The molecule has 8 heteroatoms. The number of anilines is 1. The molecular weight excluding hydrogens is 366 g/mol. The second-order valence-corrected chi connectivity index (χ2v) is 8.09. The van der Waals surface area contributed by atoms with Crippen molar-refractivity contribution in [1.29, 1.82) is 0 Å². The lowest BCUT2D eigenvalue weighted by atomic mass is 9.82. The number of carbonyl (C=O) groups is 1. The van der Waals surface area contributed by atoms with Gasteiger partial charge in [0, 0.05) is 51.3 Å². The molecule has 0 radical (unpaired) electrons. The first-order valence-corrected chi connectivity index (χ1v) is 10.1. The number of rotatable bonds is 4. The number of hydrogen-bond acceptors (Lipinski definition) is 5. The molecule has 0 N–H and O–H groups in total. The third kappa shape index (κ3) is 3.33. The van der Waals surface area contributed by atoms with Crippen molar-refractivity contribution >= 4 is 11.7 Å². The third-order valence-corrected chi connectivity index (χ3v) is 6.16. The van der Waals surface area contributed by atoms with Crippen LogP contribution in [0.3, 0.4) is 0 Å². The van der Waals surface area contributed by atoms with Gasteiger partial charge in [-0.25, -0.2) is 4.68 Å². The smallest absolute Gasteiger partial charge is 0.230 e. The minimum Gasteiger partial charge on any atom is -0.297 e. The summed E-state index contributed by atoms with van der Waals surface area (Å²) in [6.07, 6.45) is 9.67. The molecule has 29 heavy (non-hydrogen) atoms. The van der Waals surface area contributed by atoms with E-state index in [0.29, 0.717) is 13.0 Å². The number of nitrogens with zero attached hydrogens (tertiary/aromatic N) is 7. The van der Waals surface area contributed by atoms with Crippen LogP contribution in [-0.2, 0) is 30.5 Å². The van der Waals surface area contributed by atoms with Crippen molar-refractivity contribution in [3.63, 3.8) is 0 Å². The Kier molecular flexibility index (Phi) is 4.43. The predicted octanol–water partition coefficient (Wildman–Crippen LogP) is 1.94. The van der Waals surface area contributed by atoms with Crippen molar-refractivity contribution in [3.05, 3.63) is 60.3 Å². The van der Waals surface area contributed by atoms with Crippen LogP contribution < -0.4 is 4.90 Å². The maximum Gasteiger partial charge on any atom is 0.230 e. The van der Waals surface area contributed by atoms with Gasteiger partial charge in [0.1, 0.15) is 5.82 Å². The Morgan fingerprint density at radius 3 is 2.55 bits per heavy atom. The van der Waals surface area contributed by atoms with Crippen molar-refractivity contribution in [2.75, 3.05) is 18.0 Å². The fourth-order valence-electron chi connectivity index (χ4n) is 4.58. The van der Waals surface area contributed by atoms with E-state index in [1.807, 2.05) is 47.2 Å². The van der Waals surface area contributed by atoms with Gasteiger partial charge in [0.2, 0.25) is 5.91 Å². The number of carbonyl (C=O) groups excluding carboxylic acids is 1. The molecule has 1 fully saturated rings. The highest BCUT2D eigenvalue weighted by molar-refractivity contribution is 5.94. The van der Waals surface area contributed by atoms with Crippen molar-refractivity contribution in [2.24, 2.45) is 7.05 Å². The van der Waals surface area contributed by atoms with E-state index in [0.717, 1.165) is 49.6 Å². The zero-order chi connectivity index (χ0) is 19.8. The van der Waals surface area contributed by atoms with E-state index in [4.69, 9.17) is 0 Å². The Balaban J connectivity index is 1.34. The number of likely N-dealkylation sites (tertiary alicyclic amines) is 1. The van der Waals surface area contributed by atoms with Crippen LogP contribution in [-0.4, -0.2) is 48.4 Å². The fourth-order valence-corrected chi connectivity index (χ4v) is 4.58. The van der Waals surface area contributed by atoms with E-state index in [-0.39, 0.29) is 11.4 Å². The Morgan fingerprint density at radius 1 is 1.03 bits per heavy atom. The summed E-state index contributed by atoms with van der Waals surface area (Å²) in [5.41, 5.74) is 1.94. The van der Waals surface area contributed by atoms with E-state index in [1.54, 1.807) is 12.4 Å². The second-order valence-electron chi connectivity index (χ2n) is 8.09. The van der Waals surface area contributed by atoms with Gasteiger partial charge in [-0.15, -0.1) is 0 Å². The fraction of sp³-hybridized carbons (Fsp3) is 0.429. The summed E-state index contributed by atoms with van der Waals surface area (Å²) < 4.78 is 3.95. The maximum absolute atomic E-state index is 13.2. The SMILES string of the molecule is Cn1ccc(CN2CCC3(CC2)CC(=O)N(Cc2ccncc2)c2ccnn23)n1.